The van der Waals surface area contributed by atoms with E-state index in [0.29, 0.717) is 26.0 Å². The summed E-state index contributed by atoms with van der Waals surface area (Å²) >= 11 is 0. The van der Waals surface area contributed by atoms with Crippen LogP contribution >= 0.6 is 0 Å². The Balaban J connectivity index is 1.42. The number of carbonyl (C=O) groups excluding carboxylic acids is 1. The summed E-state index contributed by atoms with van der Waals surface area (Å²) in [5, 5.41) is 2.96. The minimum absolute atomic E-state index is 0.00594. The molecule has 29 heavy (non-hydrogen) atoms. The van der Waals surface area contributed by atoms with Crippen LogP contribution in [0, 0.1) is 0 Å². The summed E-state index contributed by atoms with van der Waals surface area (Å²) in [5.74, 6) is 2.33. The van der Waals surface area contributed by atoms with Crippen LogP contribution in [0.4, 0.5) is 0 Å². The Kier molecular flexibility index (Phi) is 7.76. The third kappa shape index (κ3) is 6.39. The van der Waals surface area contributed by atoms with Gasteiger partial charge in [0.25, 0.3) is 0 Å². The molecule has 2 aromatic carbocycles. The van der Waals surface area contributed by atoms with Crippen LogP contribution in [-0.2, 0) is 22.5 Å². The second kappa shape index (κ2) is 10.7. The highest BCUT2D eigenvalue weighted by atomic mass is 16.5. The SMILES string of the molecule is COc1ccc(OC)c(CCC(=O)NCc2ccc(OCC3CCCO3)cc2)c1. The third-order valence-electron chi connectivity index (χ3n) is 4.98. The average Bonchev–Trinajstić information content (AvgIpc) is 3.29. The molecule has 1 saturated heterocycles. The van der Waals surface area contributed by atoms with E-state index in [-0.39, 0.29) is 12.0 Å². The minimum atomic E-state index is -0.00594. The zero-order valence-electron chi connectivity index (χ0n) is 17.1. The van der Waals surface area contributed by atoms with Gasteiger partial charge in [0.2, 0.25) is 5.91 Å². The lowest BCUT2D eigenvalue weighted by atomic mass is 10.1. The predicted molar refractivity (Wildman–Crippen MR) is 111 cm³/mol. The quantitative estimate of drug-likeness (QED) is 0.662. The first-order valence-electron chi connectivity index (χ1n) is 9.99. The Morgan fingerprint density at radius 1 is 1.10 bits per heavy atom. The summed E-state index contributed by atoms with van der Waals surface area (Å²) in [6.45, 7) is 1.90. The molecule has 0 spiro atoms. The molecule has 6 heteroatoms. The van der Waals surface area contributed by atoms with Gasteiger partial charge in [-0.2, -0.15) is 0 Å². The van der Waals surface area contributed by atoms with E-state index in [1.54, 1.807) is 14.2 Å². The number of nitrogens with one attached hydrogen (secondary N) is 1. The molecule has 1 N–H and O–H groups in total. The van der Waals surface area contributed by atoms with Crippen molar-refractivity contribution in [1.82, 2.24) is 5.32 Å². The van der Waals surface area contributed by atoms with Gasteiger partial charge < -0.3 is 24.3 Å². The van der Waals surface area contributed by atoms with Crippen molar-refractivity contribution in [2.75, 3.05) is 27.4 Å². The van der Waals surface area contributed by atoms with Crippen LogP contribution in [0.3, 0.4) is 0 Å². The van der Waals surface area contributed by atoms with Gasteiger partial charge in [-0.05, 0) is 60.7 Å². The molecular weight excluding hydrogens is 370 g/mol. The molecule has 0 saturated carbocycles. The Hall–Kier alpha value is -2.73. The van der Waals surface area contributed by atoms with Crippen LogP contribution in [0.25, 0.3) is 0 Å². The molecule has 1 atom stereocenters. The van der Waals surface area contributed by atoms with E-state index in [0.717, 1.165) is 47.8 Å². The number of hydrogen-bond donors (Lipinski definition) is 1. The second-order valence-electron chi connectivity index (χ2n) is 7.04. The van der Waals surface area contributed by atoms with Crippen LogP contribution in [-0.4, -0.2) is 39.4 Å². The van der Waals surface area contributed by atoms with Crippen molar-refractivity contribution >= 4 is 5.91 Å². The molecule has 156 valence electrons. The van der Waals surface area contributed by atoms with Crippen molar-refractivity contribution in [3.63, 3.8) is 0 Å². The van der Waals surface area contributed by atoms with Crippen molar-refractivity contribution < 1.29 is 23.7 Å². The van der Waals surface area contributed by atoms with E-state index in [1.807, 2.05) is 42.5 Å². The van der Waals surface area contributed by atoms with Gasteiger partial charge in [0.05, 0.1) is 20.3 Å². The van der Waals surface area contributed by atoms with Gasteiger partial charge in [0.1, 0.15) is 23.9 Å². The van der Waals surface area contributed by atoms with Crippen molar-refractivity contribution in [2.45, 2.75) is 38.3 Å². The molecular formula is C23H29NO5. The molecule has 3 rings (SSSR count). The van der Waals surface area contributed by atoms with Gasteiger partial charge in [0, 0.05) is 19.6 Å². The molecule has 1 aliphatic heterocycles. The number of carbonyl (C=O) groups is 1. The molecule has 0 radical (unpaired) electrons. The monoisotopic (exact) mass is 399 g/mol. The highest BCUT2D eigenvalue weighted by Gasteiger charge is 2.16. The van der Waals surface area contributed by atoms with E-state index < -0.39 is 0 Å². The molecule has 6 nitrogen and oxygen atoms in total. The lowest BCUT2D eigenvalue weighted by Gasteiger charge is -2.12. The molecule has 0 aliphatic carbocycles. The largest absolute Gasteiger partial charge is 0.497 e. The first-order valence-corrected chi connectivity index (χ1v) is 9.99. The summed E-state index contributed by atoms with van der Waals surface area (Å²) in [7, 11) is 3.25. The molecule has 1 heterocycles. The predicted octanol–water partition coefficient (Wildman–Crippen LogP) is 3.51. The number of hydrogen-bond acceptors (Lipinski definition) is 5. The third-order valence-corrected chi connectivity index (χ3v) is 4.98. The maximum absolute atomic E-state index is 12.2. The highest BCUT2D eigenvalue weighted by molar-refractivity contribution is 5.76. The Labute approximate surface area is 172 Å². The summed E-state index contributed by atoms with van der Waals surface area (Å²) in [6, 6.07) is 13.4. The van der Waals surface area contributed by atoms with Crippen LogP contribution < -0.4 is 19.5 Å². The number of benzene rings is 2. The Morgan fingerprint density at radius 3 is 2.59 bits per heavy atom. The number of ether oxygens (including phenoxy) is 4. The average molecular weight is 399 g/mol. The van der Waals surface area contributed by atoms with Crippen molar-refractivity contribution in [1.29, 1.82) is 0 Å². The minimum Gasteiger partial charge on any atom is -0.497 e. The fourth-order valence-corrected chi connectivity index (χ4v) is 3.28. The van der Waals surface area contributed by atoms with Crippen LogP contribution in [0.15, 0.2) is 42.5 Å². The summed E-state index contributed by atoms with van der Waals surface area (Å²) < 4.78 is 21.9. The first-order chi connectivity index (χ1) is 14.2. The normalized spacial score (nSPS) is 15.7. The summed E-state index contributed by atoms with van der Waals surface area (Å²) in [4.78, 5) is 12.2. The summed E-state index contributed by atoms with van der Waals surface area (Å²) in [6.07, 6.45) is 3.34. The molecule has 1 amide bonds. The first kappa shape index (κ1) is 21.0. The summed E-state index contributed by atoms with van der Waals surface area (Å²) in [5.41, 5.74) is 1.98. The molecule has 0 aromatic heterocycles. The van der Waals surface area contributed by atoms with E-state index in [9.17, 15) is 4.79 Å². The van der Waals surface area contributed by atoms with Gasteiger partial charge in [-0.3, -0.25) is 4.79 Å². The zero-order chi connectivity index (χ0) is 20.5. The zero-order valence-corrected chi connectivity index (χ0v) is 17.1. The maximum atomic E-state index is 12.2. The number of methoxy groups -OCH3 is 2. The lowest BCUT2D eigenvalue weighted by Crippen LogP contribution is -2.23. The van der Waals surface area contributed by atoms with Crippen molar-refractivity contribution in [3.05, 3.63) is 53.6 Å². The Bertz CT molecular complexity index is 784. The highest BCUT2D eigenvalue weighted by Crippen LogP contribution is 2.25. The molecule has 2 aromatic rings. The fourth-order valence-electron chi connectivity index (χ4n) is 3.28. The van der Waals surface area contributed by atoms with E-state index in [2.05, 4.69) is 5.32 Å². The van der Waals surface area contributed by atoms with Gasteiger partial charge in [-0.1, -0.05) is 12.1 Å². The van der Waals surface area contributed by atoms with Crippen LogP contribution in [0.2, 0.25) is 0 Å². The van der Waals surface area contributed by atoms with Gasteiger partial charge in [-0.25, -0.2) is 0 Å². The smallest absolute Gasteiger partial charge is 0.220 e. The molecule has 1 fully saturated rings. The number of rotatable bonds is 10. The molecule has 0 bridgehead atoms. The number of aryl methyl sites for hydroxylation is 1. The maximum Gasteiger partial charge on any atom is 0.220 e. The topological polar surface area (TPSA) is 66.0 Å². The van der Waals surface area contributed by atoms with Crippen molar-refractivity contribution in [3.8, 4) is 17.2 Å². The van der Waals surface area contributed by atoms with E-state index in [4.69, 9.17) is 18.9 Å². The standard InChI is InChI=1S/C23H29NO5/c1-26-20-10-11-22(27-2)18(14-20)7-12-23(25)24-15-17-5-8-19(9-6-17)29-16-21-4-3-13-28-21/h5-6,8-11,14,21H,3-4,7,12-13,15-16H2,1-2H3,(H,24,25). The van der Waals surface area contributed by atoms with E-state index >= 15 is 0 Å². The lowest BCUT2D eigenvalue weighted by molar-refractivity contribution is -0.121. The van der Waals surface area contributed by atoms with Gasteiger partial charge in [-0.15, -0.1) is 0 Å². The molecule has 1 unspecified atom stereocenters. The van der Waals surface area contributed by atoms with Gasteiger partial charge in [0.15, 0.2) is 0 Å². The van der Waals surface area contributed by atoms with Crippen LogP contribution in [0.1, 0.15) is 30.4 Å². The van der Waals surface area contributed by atoms with E-state index in [1.165, 1.54) is 0 Å². The van der Waals surface area contributed by atoms with Crippen LogP contribution in [0.5, 0.6) is 17.2 Å². The number of amides is 1. The Morgan fingerprint density at radius 2 is 1.90 bits per heavy atom. The van der Waals surface area contributed by atoms with Crippen molar-refractivity contribution in [2.24, 2.45) is 0 Å². The van der Waals surface area contributed by atoms with Gasteiger partial charge >= 0.3 is 0 Å². The second-order valence-corrected chi connectivity index (χ2v) is 7.04. The fraction of sp³-hybridized carbons (Fsp3) is 0.435. The molecule has 1 aliphatic rings.